The fourth-order valence-electron chi connectivity index (χ4n) is 1.30. The average Bonchev–Trinajstić information content (AvgIpc) is 2.26. The zero-order valence-corrected chi connectivity index (χ0v) is 10.1. The Balaban J connectivity index is 2.71. The molecule has 0 aromatic heterocycles. The lowest BCUT2D eigenvalue weighted by molar-refractivity contribution is -0.187. The van der Waals surface area contributed by atoms with E-state index in [1.807, 2.05) is 19.1 Å². The molecule has 0 saturated heterocycles. The number of nitrogens with one attached hydrogen (secondary N) is 1. The Labute approximate surface area is 103 Å². The topological polar surface area (TPSA) is 55.1 Å². The monoisotopic (exact) mass is 260 g/mol. The van der Waals surface area contributed by atoms with Crippen LogP contribution in [0.2, 0.25) is 0 Å². The van der Waals surface area contributed by atoms with Crippen molar-refractivity contribution in [2.75, 3.05) is 0 Å². The summed E-state index contributed by atoms with van der Waals surface area (Å²) in [6.07, 6.45) is -4.77. The predicted octanol–water partition coefficient (Wildman–Crippen LogP) is 1.89. The molecule has 1 atom stereocenters. The first-order valence-electron chi connectivity index (χ1n) is 5.34. The molecule has 0 spiro atoms. The van der Waals surface area contributed by atoms with Crippen molar-refractivity contribution in [3.63, 3.8) is 0 Å². The summed E-state index contributed by atoms with van der Waals surface area (Å²) in [4.78, 5) is 11.4. The standard InChI is InChI=1S/C12H15F3N2O/c1-8-5-3-4-6-9(8)7-17-10(18)11(2,16)12(13,14)15/h3-6H,7,16H2,1-2H3,(H,17,18). The van der Waals surface area contributed by atoms with Crippen LogP contribution in [0, 0.1) is 6.92 Å². The lowest BCUT2D eigenvalue weighted by Crippen LogP contribution is -2.61. The molecule has 1 rings (SSSR count). The molecule has 3 nitrogen and oxygen atoms in total. The first kappa shape index (κ1) is 14.5. The van der Waals surface area contributed by atoms with Gasteiger partial charge in [-0.05, 0) is 25.0 Å². The predicted molar refractivity (Wildman–Crippen MR) is 61.7 cm³/mol. The van der Waals surface area contributed by atoms with E-state index in [-0.39, 0.29) is 6.54 Å². The summed E-state index contributed by atoms with van der Waals surface area (Å²) in [6.45, 7) is 2.49. The number of aryl methyl sites for hydroxylation is 1. The number of carbonyl (C=O) groups excluding carboxylic acids is 1. The number of carbonyl (C=O) groups is 1. The molecule has 0 aliphatic heterocycles. The second-order valence-corrected chi connectivity index (χ2v) is 4.31. The minimum Gasteiger partial charge on any atom is -0.350 e. The number of alkyl halides is 3. The van der Waals surface area contributed by atoms with Gasteiger partial charge < -0.3 is 11.1 Å². The third kappa shape index (κ3) is 3.01. The van der Waals surface area contributed by atoms with Gasteiger partial charge >= 0.3 is 6.18 Å². The van der Waals surface area contributed by atoms with Crippen molar-refractivity contribution in [2.45, 2.75) is 32.1 Å². The molecule has 100 valence electrons. The molecule has 0 aliphatic rings. The van der Waals surface area contributed by atoms with Gasteiger partial charge in [0, 0.05) is 6.54 Å². The van der Waals surface area contributed by atoms with Crippen molar-refractivity contribution in [3.8, 4) is 0 Å². The smallest absolute Gasteiger partial charge is 0.350 e. The highest BCUT2D eigenvalue weighted by Crippen LogP contribution is 2.28. The van der Waals surface area contributed by atoms with E-state index in [4.69, 9.17) is 5.73 Å². The van der Waals surface area contributed by atoms with Crippen molar-refractivity contribution < 1.29 is 18.0 Å². The number of rotatable bonds is 3. The summed E-state index contributed by atoms with van der Waals surface area (Å²) in [5.74, 6) is -1.24. The molecule has 6 heteroatoms. The number of halogens is 3. The van der Waals surface area contributed by atoms with E-state index in [9.17, 15) is 18.0 Å². The van der Waals surface area contributed by atoms with Crippen molar-refractivity contribution in [2.24, 2.45) is 5.73 Å². The molecule has 0 aliphatic carbocycles. The quantitative estimate of drug-likeness (QED) is 0.872. The van der Waals surface area contributed by atoms with E-state index in [0.29, 0.717) is 6.92 Å². The summed E-state index contributed by atoms with van der Waals surface area (Å²) in [7, 11) is 0. The zero-order valence-electron chi connectivity index (χ0n) is 10.1. The number of hydrogen-bond donors (Lipinski definition) is 2. The van der Waals surface area contributed by atoms with E-state index in [1.165, 1.54) is 0 Å². The Morgan fingerprint density at radius 3 is 2.39 bits per heavy atom. The van der Waals surface area contributed by atoms with Crippen molar-refractivity contribution in [1.29, 1.82) is 0 Å². The highest BCUT2D eigenvalue weighted by Gasteiger charge is 2.53. The SMILES string of the molecule is Cc1ccccc1CNC(=O)C(C)(N)C(F)(F)F. The molecule has 0 heterocycles. The molecule has 1 unspecified atom stereocenters. The fraction of sp³-hybridized carbons (Fsp3) is 0.417. The summed E-state index contributed by atoms with van der Waals surface area (Å²) < 4.78 is 37.5. The van der Waals surface area contributed by atoms with Gasteiger partial charge in [0.05, 0.1) is 0 Å². The minimum atomic E-state index is -4.77. The van der Waals surface area contributed by atoms with Gasteiger partial charge in [-0.25, -0.2) is 0 Å². The van der Waals surface area contributed by atoms with Crippen LogP contribution >= 0.6 is 0 Å². The van der Waals surface area contributed by atoms with Crippen LogP contribution in [0.4, 0.5) is 13.2 Å². The second kappa shape index (κ2) is 4.97. The van der Waals surface area contributed by atoms with E-state index in [0.717, 1.165) is 11.1 Å². The maximum absolute atomic E-state index is 12.5. The third-order valence-corrected chi connectivity index (χ3v) is 2.76. The van der Waals surface area contributed by atoms with Gasteiger partial charge in [-0.2, -0.15) is 13.2 Å². The largest absolute Gasteiger partial charge is 0.415 e. The molecular weight excluding hydrogens is 245 g/mol. The van der Waals surface area contributed by atoms with Gasteiger partial charge in [0.25, 0.3) is 0 Å². The highest BCUT2D eigenvalue weighted by atomic mass is 19.4. The molecule has 0 fully saturated rings. The summed E-state index contributed by atoms with van der Waals surface area (Å²) >= 11 is 0. The van der Waals surface area contributed by atoms with Crippen LogP contribution in [0.1, 0.15) is 18.1 Å². The summed E-state index contributed by atoms with van der Waals surface area (Å²) in [6, 6.07) is 7.10. The van der Waals surface area contributed by atoms with Crippen LogP contribution in [-0.2, 0) is 11.3 Å². The fourth-order valence-corrected chi connectivity index (χ4v) is 1.30. The number of amides is 1. The number of benzene rings is 1. The first-order valence-corrected chi connectivity index (χ1v) is 5.34. The molecule has 1 amide bonds. The molecule has 1 aromatic rings. The van der Waals surface area contributed by atoms with Gasteiger partial charge in [0.2, 0.25) is 5.91 Å². The Kier molecular flexibility index (Phi) is 4.01. The van der Waals surface area contributed by atoms with Crippen LogP contribution in [0.15, 0.2) is 24.3 Å². The normalized spacial score (nSPS) is 15.0. The van der Waals surface area contributed by atoms with E-state index in [1.54, 1.807) is 12.1 Å². The number of hydrogen-bond acceptors (Lipinski definition) is 2. The van der Waals surface area contributed by atoms with Gasteiger partial charge in [-0.15, -0.1) is 0 Å². The Morgan fingerprint density at radius 2 is 1.89 bits per heavy atom. The van der Waals surface area contributed by atoms with Crippen LogP contribution in [0.25, 0.3) is 0 Å². The van der Waals surface area contributed by atoms with Gasteiger partial charge in [-0.3, -0.25) is 4.79 Å². The first-order chi connectivity index (χ1) is 8.16. The van der Waals surface area contributed by atoms with Gasteiger partial charge in [-0.1, -0.05) is 24.3 Å². The zero-order chi connectivity index (χ0) is 14.0. The molecule has 0 radical (unpaired) electrons. The van der Waals surface area contributed by atoms with Crippen molar-refractivity contribution >= 4 is 5.91 Å². The minimum absolute atomic E-state index is 0.0222. The molecule has 1 aromatic carbocycles. The van der Waals surface area contributed by atoms with Crippen LogP contribution in [0.3, 0.4) is 0 Å². The Bertz CT molecular complexity index is 441. The highest BCUT2D eigenvalue weighted by molar-refractivity contribution is 5.86. The maximum atomic E-state index is 12.5. The van der Waals surface area contributed by atoms with Crippen LogP contribution < -0.4 is 11.1 Å². The second-order valence-electron chi connectivity index (χ2n) is 4.31. The van der Waals surface area contributed by atoms with E-state index in [2.05, 4.69) is 5.32 Å². The van der Waals surface area contributed by atoms with Crippen molar-refractivity contribution in [1.82, 2.24) is 5.32 Å². The van der Waals surface area contributed by atoms with Crippen LogP contribution in [0.5, 0.6) is 0 Å². The van der Waals surface area contributed by atoms with E-state index < -0.39 is 17.6 Å². The lowest BCUT2D eigenvalue weighted by atomic mass is 10.0. The summed E-state index contributed by atoms with van der Waals surface area (Å²) in [5, 5.41) is 2.20. The van der Waals surface area contributed by atoms with Gasteiger partial charge in [0.15, 0.2) is 5.54 Å². The molecule has 3 N–H and O–H groups in total. The average molecular weight is 260 g/mol. The van der Waals surface area contributed by atoms with E-state index >= 15 is 0 Å². The molecular formula is C12H15F3N2O. The van der Waals surface area contributed by atoms with Crippen LogP contribution in [-0.4, -0.2) is 17.6 Å². The maximum Gasteiger partial charge on any atom is 0.415 e. The molecule has 18 heavy (non-hydrogen) atoms. The number of nitrogens with two attached hydrogens (primary N) is 1. The summed E-state index contributed by atoms with van der Waals surface area (Å²) in [5.41, 5.74) is 3.77. The molecule has 0 bridgehead atoms. The lowest BCUT2D eigenvalue weighted by Gasteiger charge is -2.26. The third-order valence-electron chi connectivity index (χ3n) is 2.76. The Morgan fingerprint density at radius 1 is 1.33 bits per heavy atom. The Hall–Kier alpha value is -1.56. The van der Waals surface area contributed by atoms with Crippen molar-refractivity contribution in [3.05, 3.63) is 35.4 Å². The molecule has 0 saturated carbocycles. The van der Waals surface area contributed by atoms with Gasteiger partial charge in [0.1, 0.15) is 0 Å².